The van der Waals surface area contributed by atoms with Gasteiger partial charge in [-0.25, -0.2) is 9.97 Å². The zero-order valence-corrected chi connectivity index (χ0v) is 26.6. The maximum Gasteiger partial charge on any atom is 0.280 e. The Balaban J connectivity index is 1.07. The molecule has 1 atom stereocenters. The molecule has 0 saturated carbocycles. The second-order valence-electron chi connectivity index (χ2n) is 12.8. The quantitative estimate of drug-likeness (QED) is 0.278. The average Bonchev–Trinajstić information content (AvgIpc) is 3.66. The Morgan fingerprint density at radius 2 is 1.91 bits per heavy atom. The molecule has 2 N–H and O–H groups in total. The molecule has 0 radical (unpaired) electrons. The van der Waals surface area contributed by atoms with Gasteiger partial charge in [0, 0.05) is 74.3 Å². The molecule has 2 aliphatic heterocycles. The summed E-state index contributed by atoms with van der Waals surface area (Å²) < 4.78 is 10.4. The lowest BCUT2D eigenvalue weighted by atomic mass is 10.0. The van der Waals surface area contributed by atoms with Crippen LogP contribution in [-0.4, -0.2) is 78.4 Å². The molecule has 0 spiro atoms. The van der Waals surface area contributed by atoms with Crippen molar-refractivity contribution < 1.29 is 9.84 Å². The standard InChI is InChI=1S/C35H38N8O4/c1-22-17-40(10-11-41(22)26-20-47-21-26)25-6-7-32(37-16-25)38-29-14-24(18-39(2)34(29)45)27-8-9-36-33(28(27)19-44)43-13-12-42-30-5-3-4-23(30)15-31(42)35(43)46/h6-9,12-16,18,22,26,44H,3-5,10-11,17,19-21H2,1-2H3,(H,37,38)/t22-/m1/s1. The number of hydrogen-bond acceptors (Lipinski definition) is 9. The Morgan fingerprint density at radius 1 is 1.04 bits per heavy atom. The Hall–Kier alpha value is -4.78. The van der Waals surface area contributed by atoms with Gasteiger partial charge in [0.15, 0.2) is 0 Å². The van der Waals surface area contributed by atoms with E-state index in [9.17, 15) is 14.7 Å². The summed E-state index contributed by atoms with van der Waals surface area (Å²) in [4.78, 5) is 40.9. The van der Waals surface area contributed by atoms with E-state index in [1.54, 1.807) is 37.8 Å². The Morgan fingerprint density at radius 3 is 2.66 bits per heavy atom. The maximum atomic E-state index is 13.7. The van der Waals surface area contributed by atoms with E-state index in [-0.39, 0.29) is 17.7 Å². The highest BCUT2D eigenvalue weighted by Gasteiger charge is 2.33. The lowest BCUT2D eigenvalue weighted by Gasteiger charge is -2.47. The van der Waals surface area contributed by atoms with Crippen molar-refractivity contribution in [2.24, 2.45) is 7.05 Å². The number of piperazine rings is 1. The second kappa shape index (κ2) is 11.8. The first-order chi connectivity index (χ1) is 22.9. The smallest absolute Gasteiger partial charge is 0.280 e. The van der Waals surface area contributed by atoms with Crippen molar-refractivity contribution in [1.29, 1.82) is 0 Å². The Bertz CT molecular complexity index is 2100. The summed E-state index contributed by atoms with van der Waals surface area (Å²) in [6.07, 6.45) is 11.8. The number of ether oxygens (including phenoxy) is 1. The van der Waals surface area contributed by atoms with Gasteiger partial charge in [0.2, 0.25) is 0 Å². The van der Waals surface area contributed by atoms with Crippen LogP contribution < -0.4 is 21.3 Å². The molecule has 2 fully saturated rings. The summed E-state index contributed by atoms with van der Waals surface area (Å²) in [5.41, 5.74) is 5.84. The number of aromatic nitrogens is 5. The number of nitrogens with zero attached hydrogens (tertiary/aromatic N) is 7. The highest BCUT2D eigenvalue weighted by Crippen LogP contribution is 2.30. The zero-order valence-electron chi connectivity index (χ0n) is 26.6. The minimum Gasteiger partial charge on any atom is -0.392 e. The van der Waals surface area contributed by atoms with Crippen LogP contribution in [0.2, 0.25) is 0 Å². The van der Waals surface area contributed by atoms with E-state index in [1.807, 2.05) is 35.0 Å². The predicted molar refractivity (Wildman–Crippen MR) is 180 cm³/mol. The van der Waals surface area contributed by atoms with Gasteiger partial charge >= 0.3 is 0 Å². The van der Waals surface area contributed by atoms with Gasteiger partial charge in [-0.1, -0.05) is 0 Å². The molecule has 12 heteroatoms. The fourth-order valence-electron chi connectivity index (χ4n) is 7.40. The zero-order chi connectivity index (χ0) is 32.2. The molecule has 12 nitrogen and oxygen atoms in total. The first kappa shape index (κ1) is 29.6. The van der Waals surface area contributed by atoms with Crippen LogP contribution in [0.5, 0.6) is 0 Å². The van der Waals surface area contributed by atoms with Gasteiger partial charge in [0.25, 0.3) is 11.1 Å². The third-order valence-electron chi connectivity index (χ3n) is 9.95. The number of aliphatic hydroxyl groups excluding tert-OH is 1. The second-order valence-corrected chi connectivity index (χ2v) is 12.8. The molecule has 0 unspecified atom stereocenters. The highest BCUT2D eigenvalue weighted by molar-refractivity contribution is 5.73. The van der Waals surface area contributed by atoms with Crippen LogP contribution in [-0.2, 0) is 31.2 Å². The van der Waals surface area contributed by atoms with Crippen LogP contribution in [0, 0.1) is 0 Å². The van der Waals surface area contributed by atoms with Crippen LogP contribution >= 0.6 is 0 Å². The van der Waals surface area contributed by atoms with Gasteiger partial charge in [-0.2, -0.15) is 0 Å². The summed E-state index contributed by atoms with van der Waals surface area (Å²) in [7, 11) is 1.69. The van der Waals surface area contributed by atoms with Crippen LogP contribution in [0.1, 0.15) is 30.2 Å². The molecule has 7 heterocycles. The first-order valence-electron chi connectivity index (χ1n) is 16.3. The van der Waals surface area contributed by atoms with E-state index in [0.717, 1.165) is 57.8 Å². The van der Waals surface area contributed by atoms with Crippen LogP contribution in [0.25, 0.3) is 22.5 Å². The molecule has 47 heavy (non-hydrogen) atoms. The maximum absolute atomic E-state index is 13.7. The number of anilines is 3. The van der Waals surface area contributed by atoms with Crippen molar-refractivity contribution in [1.82, 2.24) is 28.4 Å². The molecule has 0 amide bonds. The fraction of sp³-hybridized carbons (Fsp3) is 0.371. The Kier molecular flexibility index (Phi) is 7.42. The molecule has 0 bridgehead atoms. The number of nitrogens with one attached hydrogen (secondary N) is 1. The molecular weight excluding hydrogens is 596 g/mol. The van der Waals surface area contributed by atoms with Gasteiger partial charge in [-0.3, -0.25) is 19.1 Å². The molecular formula is C35H38N8O4. The highest BCUT2D eigenvalue weighted by atomic mass is 16.5. The van der Waals surface area contributed by atoms with Crippen molar-refractivity contribution in [3.05, 3.63) is 98.8 Å². The third-order valence-corrected chi connectivity index (χ3v) is 9.95. The number of aliphatic hydroxyl groups is 1. The van der Waals surface area contributed by atoms with Gasteiger partial charge in [0.1, 0.15) is 22.8 Å². The minimum atomic E-state index is -0.344. The van der Waals surface area contributed by atoms with Crippen LogP contribution in [0.15, 0.2) is 70.9 Å². The molecule has 5 aromatic heterocycles. The van der Waals surface area contributed by atoms with Gasteiger partial charge < -0.3 is 29.0 Å². The van der Waals surface area contributed by atoms with Crippen molar-refractivity contribution in [2.45, 2.75) is 44.9 Å². The number of hydrogen-bond donors (Lipinski definition) is 2. The van der Waals surface area contributed by atoms with Crippen LogP contribution in [0.4, 0.5) is 17.2 Å². The fourth-order valence-corrected chi connectivity index (χ4v) is 7.40. The predicted octanol–water partition coefficient (Wildman–Crippen LogP) is 2.88. The molecule has 0 aromatic carbocycles. The molecule has 2 saturated heterocycles. The van der Waals surface area contributed by atoms with Gasteiger partial charge in [-0.15, -0.1) is 0 Å². The summed E-state index contributed by atoms with van der Waals surface area (Å²) in [6, 6.07) is 10.4. The Labute approximate surface area is 271 Å². The largest absolute Gasteiger partial charge is 0.392 e. The normalized spacial score (nSPS) is 18.4. The topological polar surface area (TPSA) is 122 Å². The lowest BCUT2D eigenvalue weighted by Crippen LogP contribution is -2.60. The first-order valence-corrected chi connectivity index (χ1v) is 16.3. The summed E-state index contributed by atoms with van der Waals surface area (Å²) in [5.74, 6) is 0.911. The molecule has 242 valence electrons. The van der Waals surface area contributed by atoms with Crippen molar-refractivity contribution in [3.63, 3.8) is 0 Å². The third kappa shape index (κ3) is 5.13. The van der Waals surface area contributed by atoms with E-state index >= 15 is 0 Å². The molecule has 1 aliphatic carbocycles. The number of pyridine rings is 3. The van der Waals surface area contributed by atoms with Gasteiger partial charge in [0.05, 0.1) is 37.7 Å². The van der Waals surface area contributed by atoms with Crippen LogP contribution in [0.3, 0.4) is 0 Å². The SMILES string of the molecule is C[C@@H]1CN(c2ccc(Nc3cc(-c4ccnc(-n5ccn6c7c(cc6c5=O)CCC7)c4CO)cn(C)c3=O)nc2)CCN1C1COC1. The van der Waals surface area contributed by atoms with Crippen molar-refractivity contribution >= 4 is 22.7 Å². The van der Waals surface area contributed by atoms with Gasteiger partial charge in [-0.05, 0) is 67.6 Å². The van der Waals surface area contributed by atoms with E-state index in [0.29, 0.717) is 51.6 Å². The molecule has 8 rings (SSSR count). The van der Waals surface area contributed by atoms with E-state index < -0.39 is 0 Å². The number of aryl methyl sites for hydroxylation is 3. The van der Waals surface area contributed by atoms with E-state index in [1.165, 1.54) is 20.4 Å². The summed E-state index contributed by atoms with van der Waals surface area (Å²) >= 11 is 0. The number of rotatable bonds is 7. The summed E-state index contributed by atoms with van der Waals surface area (Å²) in [6.45, 7) is 6.39. The summed E-state index contributed by atoms with van der Waals surface area (Å²) in [5, 5.41) is 13.8. The number of fused-ring (bicyclic) bond motifs is 3. The van der Waals surface area contributed by atoms with Crippen molar-refractivity contribution in [3.8, 4) is 16.9 Å². The molecule has 5 aromatic rings. The lowest BCUT2D eigenvalue weighted by molar-refractivity contribution is -0.0792. The average molecular weight is 635 g/mol. The minimum absolute atomic E-state index is 0.192. The van der Waals surface area contributed by atoms with E-state index in [4.69, 9.17) is 4.74 Å². The van der Waals surface area contributed by atoms with Crippen molar-refractivity contribution in [2.75, 3.05) is 43.1 Å². The molecule has 3 aliphatic rings. The monoisotopic (exact) mass is 634 g/mol. The van der Waals surface area contributed by atoms with E-state index in [2.05, 4.69) is 32.0 Å².